The number of para-hydroxylation sites is 1. The van der Waals surface area contributed by atoms with Crippen molar-refractivity contribution in [2.24, 2.45) is 0 Å². The zero-order valence-electron chi connectivity index (χ0n) is 16.2. The van der Waals surface area contributed by atoms with Crippen LogP contribution in [-0.2, 0) is 9.53 Å². The molecule has 0 aliphatic carbocycles. The number of carboxylic acids is 1. The fourth-order valence-electron chi connectivity index (χ4n) is 3.21. The van der Waals surface area contributed by atoms with Crippen molar-refractivity contribution in [2.75, 3.05) is 13.2 Å². The first-order valence-electron chi connectivity index (χ1n) is 9.33. The molecule has 3 rings (SSSR count). The average Bonchev–Trinajstić information content (AvgIpc) is 2.74. The summed E-state index contributed by atoms with van der Waals surface area (Å²) in [5.74, 6) is -0.413. The summed E-state index contributed by atoms with van der Waals surface area (Å²) in [5.41, 5.74) is 2.19. The lowest BCUT2D eigenvalue weighted by Gasteiger charge is -2.39. The SMILES string of the molecule is Cc1ccc(OCC(=O)O)cc1-c1ccccc1O[C@H]1O[C@H](CO)[C@@H](O)[C@H](O)[C@@H]1O. The number of rotatable bonds is 7. The Labute approximate surface area is 172 Å². The van der Waals surface area contributed by atoms with Crippen LogP contribution >= 0.6 is 0 Å². The van der Waals surface area contributed by atoms with Crippen LogP contribution in [0.25, 0.3) is 11.1 Å². The molecule has 162 valence electrons. The molecule has 0 saturated carbocycles. The molecule has 9 heteroatoms. The number of hydrogen-bond donors (Lipinski definition) is 5. The van der Waals surface area contributed by atoms with Crippen molar-refractivity contribution in [3.05, 3.63) is 48.0 Å². The Kier molecular flexibility index (Phi) is 6.91. The maximum atomic E-state index is 10.8. The molecule has 9 nitrogen and oxygen atoms in total. The zero-order chi connectivity index (χ0) is 21.8. The summed E-state index contributed by atoms with van der Waals surface area (Å²) in [7, 11) is 0. The Hall–Kier alpha value is -2.69. The maximum Gasteiger partial charge on any atom is 0.341 e. The lowest BCUT2D eigenvalue weighted by atomic mass is 9.98. The molecular weight excluding hydrogens is 396 g/mol. The number of carboxylic acid groups (broad SMARTS) is 1. The summed E-state index contributed by atoms with van der Waals surface area (Å²) < 4.78 is 16.5. The van der Waals surface area contributed by atoms with Crippen molar-refractivity contribution in [2.45, 2.75) is 37.6 Å². The predicted molar refractivity (Wildman–Crippen MR) is 104 cm³/mol. The summed E-state index contributed by atoms with van der Waals surface area (Å²) in [5, 5.41) is 48.3. The summed E-state index contributed by atoms with van der Waals surface area (Å²) in [6, 6.07) is 12.0. The highest BCUT2D eigenvalue weighted by Gasteiger charge is 2.44. The summed E-state index contributed by atoms with van der Waals surface area (Å²) in [6.45, 7) is 0.820. The third kappa shape index (κ3) is 4.72. The molecule has 0 spiro atoms. The van der Waals surface area contributed by atoms with Crippen molar-refractivity contribution in [3.8, 4) is 22.6 Å². The van der Waals surface area contributed by atoms with Gasteiger partial charge in [0.15, 0.2) is 6.61 Å². The van der Waals surface area contributed by atoms with E-state index >= 15 is 0 Å². The minimum Gasteiger partial charge on any atom is -0.482 e. The number of aliphatic hydroxyl groups is 4. The van der Waals surface area contributed by atoms with E-state index in [-0.39, 0.29) is 0 Å². The van der Waals surface area contributed by atoms with Crippen LogP contribution in [0.2, 0.25) is 0 Å². The molecule has 1 aliphatic rings. The summed E-state index contributed by atoms with van der Waals surface area (Å²) in [6.07, 6.45) is -6.99. The molecule has 2 aromatic rings. The van der Waals surface area contributed by atoms with Crippen LogP contribution in [0, 0.1) is 6.92 Å². The minimum atomic E-state index is -1.55. The summed E-state index contributed by atoms with van der Waals surface area (Å²) >= 11 is 0. The number of hydrogen-bond acceptors (Lipinski definition) is 8. The Balaban J connectivity index is 1.90. The van der Waals surface area contributed by atoms with Gasteiger partial charge in [0.05, 0.1) is 6.61 Å². The van der Waals surface area contributed by atoms with Crippen LogP contribution < -0.4 is 9.47 Å². The Morgan fingerprint density at radius 1 is 1.03 bits per heavy atom. The highest BCUT2D eigenvalue weighted by atomic mass is 16.7. The van der Waals surface area contributed by atoms with Gasteiger partial charge in [-0.3, -0.25) is 0 Å². The maximum absolute atomic E-state index is 10.8. The quantitative estimate of drug-likeness (QED) is 0.427. The van der Waals surface area contributed by atoms with E-state index in [0.29, 0.717) is 22.6 Å². The van der Waals surface area contributed by atoms with Crippen LogP contribution in [0.4, 0.5) is 0 Å². The molecule has 0 aromatic heterocycles. The van der Waals surface area contributed by atoms with Crippen LogP contribution in [0.3, 0.4) is 0 Å². The smallest absolute Gasteiger partial charge is 0.341 e. The number of aliphatic hydroxyl groups excluding tert-OH is 4. The standard InChI is InChI=1S/C21H24O9/c1-11-6-7-12(28-10-17(23)24)8-14(11)13-4-2-3-5-15(13)29-21-20(27)19(26)18(25)16(9-22)30-21/h2-8,16,18-22,25-27H,9-10H2,1H3,(H,23,24)/t16-,18-,19+,20+,21+/m1/s1. The molecule has 0 bridgehead atoms. The number of ether oxygens (including phenoxy) is 3. The van der Waals surface area contributed by atoms with E-state index in [1.165, 1.54) is 0 Å². The van der Waals surface area contributed by atoms with Crippen LogP contribution in [0.15, 0.2) is 42.5 Å². The van der Waals surface area contributed by atoms with Gasteiger partial charge in [0, 0.05) is 5.56 Å². The molecule has 1 saturated heterocycles. The van der Waals surface area contributed by atoms with E-state index in [2.05, 4.69) is 0 Å². The van der Waals surface area contributed by atoms with E-state index < -0.39 is 49.9 Å². The Morgan fingerprint density at radius 2 is 1.77 bits per heavy atom. The number of aryl methyl sites for hydroxylation is 1. The third-order valence-electron chi connectivity index (χ3n) is 4.84. The second-order valence-corrected chi connectivity index (χ2v) is 6.97. The monoisotopic (exact) mass is 420 g/mol. The lowest BCUT2D eigenvalue weighted by molar-refractivity contribution is -0.277. The highest BCUT2D eigenvalue weighted by Crippen LogP contribution is 2.36. The van der Waals surface area contributed by atoms with Crippen LogP contribution in [-0.4, -0.2) is 75.4 Å². The lowest BCUT2D eigenvalue weighted by Crippen LogP contribution is -2.60. The molecule has 5 N–H and O–H groups in total. The highest BCUT2D eigenvalue weighted by molar-refractivity contribution is 5.74. The van der Waals surface area contributed by atoms with E-state index in [9.17, 15) is 25.2 Å². The summed E-state index contributed by atoms with van der Waals surface area (Å²) in [4.78, 5) is 10.8. The normalized spacial score (nSPS) is 26.2. The fraction of sp³-hybridized carbons (Fsp3) is 0.381. The average molecular weight is 420 g/mol. The molecule has 2 aromatic carbocycles. The Bertz CT molecular complexity index is 883. The van der Waals surface area contributed by atoms with Gasteiger partial charge in [-0.25, -0.2) is 4.79 Å². The van der Waals surface area contributed by atoms with Crippen LogP contribution in [0.1, 0.15) is 5.56 Å². The van der Waals surface area contributed by atoms with Crippen molar-refractivity contribution >= 4 is 5.97 Å². The van der Waals surface area contributed by atoms with Gasteiger partial charge in [0.2, 0.25) is 6.29 Å². The molecule has 0 unspecified atom stereocenters. The van der Waals surface area contributed by atoms with Crippen molar-refractivity contribution < 1.29 is 44.5 Å². The first kappa shape index (κ1) is 22.0. The number of benzene rings is 2. The molecule has 5 atom stereocenters. The van der Waals surface area contributed by atoms with Gasteiger partial charge in [0.25, 0.3) is 0 Å². The molecule has 30 heavy (non-hydrogen) atoms. The number of carbonyl (C=O) groups is 1. The second kappa shape index (κ2) is 9.41. The van der Waals surface area contributed by atoms with E-state index in [1.54, 1.807) is 42.5 Å². The molecule has 1 heterocycles. The molecule has 1 fully saturated rings. The second-order valence-electron chi connectivity index (χ2n) is 6.97. The molecule has 0 amide bonds. The van der Waals surface area contributed by atoms with E-state index in [1.807, 2.05) is 6.92 Å². The van der Waals surface area contributed by atoms with E-state index in [0.717, 1.165) is 5.56 Å². The van der Waals surface area contributed by atoms with Crippen LogP contribution in [0.5, 0.6) is 11.5 Å². The van der Waals surface area contributed by atoms with Gasteiger partial charge in [-0.2, -0.15) is 0 Å². The predicted octanol–water partition coefficient (Wildman–Crippen LogP) is 0.304. The van der Waals surface area contributed by atoms with Crippen molar-refractivity contribution in [1.82, 2.24) is 0 Å². The molecule has 0 radical (unpaired) electrons. The van der Waals surface area contributed by atoms with E-state index in [4.69, 9.17) is 19.3 Å². The van der Waals surface area contributed by atoms with Gasteiger partial charge >= 0.3 is 5.97 Å². The first-order chi connectivity index (χ1) is 14.3. The molecule has 1 aliphatic heterocycles. The Morgan fingerprint density at radius 3 is 2.47 bits per heavy atom. The first-order valence-corrected chi connectivity index (χ1v) is 9.33. The van der Waals surface area contributed by atoms with Gasteiger partial charge < -0.3 is 39.7 Å². The minimum absolute atomic E-state index is 0.320. The van der Waals surface area contributed by atoms with Gasteiger partial charge in [-0.05, 0) is 36.2 Å². The topological polar surface area (TPSA) is 146 Å². The van der Waals surface area contributed by atoms with Crippen molar-refractivity contribution in [1.29, 1.82) is 0 Å². The van der Waals surface area contributed by atoms with Gasteiger partial charge in [-0.15, -0.1) is 0 Å². The largest absolute Gasteiger partial charge is 0.482 e. The zero-order valence-corrected chi connectivity index (χ0v) is 16.2. The third-order valence-corrected chi connectivity index (χ3v) is 4.84. The molecular formula is C21H24O9. The van der Waals surface area contributed by atoms with Crippen molar-refractivity contribution in [3.63, 3.8) is 0 Å². The fourth-order valence-corrected chi connectivity index (χ4v) is 3.21. The van der Waals surface area contributed by atoms with Gasteiger partial charge in [-0.1, -0.05) is 24.3 Å². The van der Waals surface area contributed by atoms with Gasteiger partial charge in [0.1, 0.15) is 35.9 Å². The number of aliphatic carboxylic acids is 1.